The third-order valence-electron chi connectivity index (χ3n) is 6.47. The predicted molar refractivity (Wildman–Crippen MR) is 150 cm³/mol. The van der Waals surface area contributed by atoms with Crippen molar-refractivity contribution in [3.63, 3.8) is 0 Å². The van der Waals surface area contributed by atoms with Crippen LogP contribution in [-0.4, -0.2) is 20.9 Å². The zero-order valence-corrected chi connectivity index (χ0v) is 21.3. The molecule has 7 nitrogen and oxygen atoms in total. The molecule has 0 saturated heterocycles. The second-order valence-electron chi connectivity index (χ2n) is 10.1. The van der Waals surface area contributed by atoms with Crippen LogP contribution in [0.25, 0.3) is 22.2 Å². The lowest BCUT2D eigenvalue weighted by Crippen LogP contribution is -2.15. The highest BCUT2D eigenvalue weighted by Crippen LogP contribution is 2.29. The fourth-order valence-electron chi connectivity index (χ4n) is 4.26. The highest BCUT2D eigenvalue weighted by molar-refractivity contribution is 6.05. The number of H-pyrrole nitrogens is 2. The fourth-order valence-corrected chi connectivity index (χ4v) is 4.26. The summed E-state index contributed by atoms with van der Waals surface area (Å²) in [5, 5.41) is 7.18. The molecular formula is C30H29N5O2. The lowest BCUT2D eigenvalue weighted by atomic mass is 9.86. The van der Waals surface area contributed by atoms with Gasteiger partial charge < -0.3 is 20.6 Å². The predicted octanol–water partition coefficient (Wildman–Crippen LogP) is 6.52. The van der Waals surface area contributed by atoms with Gasteiger partial charge in [0.05, 0.1) is 5.69 Å². The van der Waals surface area contributed by atoms with Gasteiger partial charge in [0, 0.05) is 45.8 Å². The maximum absolute atomic E-state index is 13.0. The second-order valence-corrected chi connectivity index (χ2v) is 10.1. The minimum absolute atomic E-state index is 0.0199. The molecule has 2 aromatic heterocycles. The average Bonchev–Trinajstić information content (AvgIpc) is 3.34. The van der Waals surface area contributed by atoms with Crippen LogP contribution in [0.3, 0.4) is 0 Å². The quantitative estimate of drug-likeness (QED) is 0.225. The topological polar surface area (TPSA) is 103 Å². The molecule has 0 aliphatic heterocycles. The van der Waals surface area contributed by atoms with E-state index in [0.29, 0.717) is 16.9 Å². The van der Waals surface area contributed by atoms with Gasteiger partial charge in [-0.25, -0.2) is 4.98 Å². The van der Waals surface area contributed by atoms with Crippen LogP contribution in [0.2, 0.25) is 0 Å². The molecule has 0 radical (unpaired) electrons. The van der Waals surface area contributed by atoms with Gasteiger partial charge in [0.25, 0.3) is 11.5 Å². The summed E-state index contributed by atoms with van der Waals surface area (Å²) in [6.45, 7) is 8.35. The van der Waals surface area contributed by atoms with E-state index >= 15 is 0 Å². The molecule has 0 saturated carbocycles. The smallest absolute Gasteiger partial charge is 0.291 e. The Bertz CT molecular complexity index is 1660. The van der Waals surface area contributed by atoms with Gasteiger partial charge in [-0.15, -0.1) is 0 Å². The van der Waals surface area contributed by atoms with Gasteiger partial charge in [-0.2, -0.15) is 0 Å². The number of benzene rings is 3. The van der Waals surface area contributed by atoms with Gasteiger partial charge in [0.15, 0.2) is 5.82 Å². The van der Waals surface area contributed by atoms with Gasteiger partial charge in [0.2, 0.25) is 0 Å². The van der Waals surface area contributed by atoms with Gasteiger partial charge in [-0.1, -0.05) is 45.0 Å². The highest BCUT2D eigenvalue weighted by atomic mass is 16.1. The molecule has 0 bridgehead atoms. The Labute approximate surface area is 215 Å². The third kappa shape index (κ3) is 5.02. The van der Waals surface area contributed by atoms with E-state index in [-0.39, 0.29) is 22.7 Å². The molecule has 7 heteroatoms. The molecule has 3 aromatic carbocycles. The molecule has 4 N–H and O–H groups in total. The van der Waals surface area contributed by atoms with Gasteiger partial charge in [-0.3, -0.25) is 9.59 Å². The number of hydrogen-bond donors (Lipinski definition) is 4. The van der Waals surface area contributed by atoms with Crippen molar-refractivity contribution in [2.75, 3.05) is 10.6 Å². The third-order valence-corrected chi connectivity index (χ3v) is 6.47. The van der Waals surface area contributed by atoms with Crippen molar-refractivity contribution in [3.8, 4) is 11.3 Å². The van der Waals surface area contributed by atoms with Gasteiger partial charge in [-0.05, 0) is 65.9 Å². The largest absolute Gasteiger partial charge is 0.361 e. The highest BCUT2D eigenvalue weighted by Gasteiger charge is 2.16. The first kappa shape index (κ1) is 24.1. The first-order chi connectivity index (χ1) is 17.7. The molecule has 5 aromatic rings. The minimum Gasteiger partial charge on any atom is -0.361 e. The average molecular weight is 492 g/mol. The first-order valence-electron chi connectivity index (χ1n) is 12.1. The number of nitrogens with zero attached hydrogens (tertiary/aromatic N) is 1. The van der Waals surface area contributed by atoms with Crippen molar-refractivity contribution in [2.24, 2.45) is 0 Å². The summed E-state index contributed by atoms with van der Waals surface area (Å²) in [6, 6.07) is 21.1. The number of carbonyl (C=O) groups excluding carboxylic acids is 1. The van der Waals surface area contributed by atoms with E-state index in [4.69, 9.17) is 0 Å². The van der Waals surface area contributed by atoms with E-state index < -0.39 is 0 Å². The number of aromatic amines is 2. The second kappa shape index (κ2) is 9.43. The normalized spacial score (nSPS) is 11.5. The van der Waals surface area contributed by atoms with Crippen LogP contribution in [0.1, 0.15) is 42.3 Å². The number of anilines is 3. The summed E-state index contributed by atoms with van der Waals surface area (Å²) in [7, 11) is 0. The molecule has 37 heavy (non-hydrogen) atoms. The lowest BCUT2D eigenvalue weighted by Gasteiger charge is -2.19. The number of rotatable bonds is 5. The molecule has 0 aliphatic carbocycles. The van der Waals surface area contributed by atoms with Crippen LogP contribution in [0.4, 0.5) is 17.2 Å². The van der Waals surface area contributed by atoms with E-state index in [9.17, 15) is 9.59 Å². The molecule has 0 fully saturated rings. The number of fused-ring (bicyclic) bond motifs is 1. The summed E-state index contributed by atoms with van der Waals surface area (Å²) in [6.07, 6.45) is 3.46. The molecule has 5 rings (SSSR count). The Morgan fingerprint density at radius 2 is 1.73 bits per heavy atom. The van der Waals surface area contributed by atoms with Gasteiger partial charge in [0.1, 0.15) is 0 Å². The van der Waals surface area contributed by atoms with Crippen LogP contribution in [-0.2, 0) is 5.41 Å². The van der Waals surface area contributed by atoms with Crippen molar-refractivity contribution in [2.45, 2.75) is 33.1 Å². The van der Waals surface area contributed by atoms with Crippen molar-refractivity contribution in [1.29, 1.82) is 0 Å². The Morgan fingerprint density at radius 1 is 0.946 bits per heavy atom. The Balaban J connectivity index is 1.40. The Hall–Kier alpha value is -4.65. The SMILES string of the molecule is Cc1c(NC(=O)c2ccc(C(C)(C)C)cc2)cccc1-c1c[nH]c(=O)c(Nc2ccc3[nH]ccc3c2)n1. The molecule has 2 heterocycles. The minimum atomic E-state index is -0.321. The first-order valence-corrected chi connectivity index (χ1v) is 12.1. The Kier molecular flexibility index (Phi) is 6.13. The van der Waals surface area contributed by atoms with Crippen LogP contribution in [0.5, 0.6) is 0 Å². The fraction of sp³-hybridized carbons (Fsp3) is 0.167. The summed E-state index contributed by atoms with van der Waals surface area (Å²) < 4.78 is 0. The number of amides is 1. The van der Waals surface area contributed by atoms with Gasteiger partial charge >= 0.3 is 0 Å². The van der Waals surface area contributed by atoms with Crippen molar-refractivity contribution >= 4 is 34.0 Å². The zero-order chi connectivity index (χ0) is 26.2. The van der Waals surface area contributed by atoms with Crippen LogP contribution in [0.15, 0.2) is 83.9 Å². The van der Waals surface area contributed by atoms with Crippen molar-refractivity contribution in [1.82, 2.24) is 15.0 Å². The molecule has 186 valence electrons. The molecular weight excluding hydrogens is 462 g/mol. The van der Waals surface area contributed by atoms with E-state index in [0.717, 1.165) is 27.7 Å². The number of nitrogens with one attached hydrogen (secondary N) is 4. The van der Waals surface area contributed by atoms with E-state index in [2.05, 4.69) is 46.4 Å². The number of hydrogen-bond acceptors (Lipinski definition) is 4. The number of carbonyl (C=O) groups is 1. The molecule has 0 unspecified atom stereocenters. The van der Waals surface area contributed by atoms with E-state index in [1.807, 2.05) is 79.9 Å². The van der Waals surface area contributed by atoms with Crippen molar-refractivity contribution < 1.29 is 4.79 Å². The van der Waals surface area contributed by atoms with Crippen LogP contribution < -0.4 is 16.2 Å². The maximum atomic E-state index is 13.0. The summed E-state index contributed by atoms with van der Waals surface area (Å²) in [5.74, 6) is 0.0119. The Morgan fingerprint density at radius 3 is 2.49 bits per heavy atom. The monoisotopic (exact) mass is 491 g/mol. The molecule has 0 spiro atoms. The van der Waals surface area contributed by atoms with Crippen LogP contribution in [0, 0.1) is 6.92 Å². The van der Waals surface area contributed by atoms with E-state index in [1.165, 1.54) is 5.56 Å². The van der Waals surface area contributed by atoms with Crippen LogP contribution >= 0.6 is 0 Å². The summed E-state index contributed by atoms with van der Waals surface area (Å²) in [5.41, 5.74) is 6.16. The lowest BCUT2D eigenvalue weighted by molar-refractivity contribution is 0.102. The van der Waals surface area contributed by atoms with Crippen molar-refractivity contribution in [3.05, 3.63) is 106 Å². The zero-order valence-electron chi connectivity index (χ0n) is 21.3. The van der Waals surface area contributed by atoms with E-state index in [1.54, 1.807) is 6.20 Å². The summed E-state index contributed by atoms with van der Waals surface area (Å²) in [4.78, 5) is 36.0. The molecule has 0 aliphatic rings. The summed E-state index contributed by atoms with van der Waals surface area (Å²) >= 11 is 0. The number of aromatic nitrogens is 3. The molecule has 1 amide bonds. The standard InChI is InChI=1S/C30H29N5O2/c1-18-23(6-5-7-24(18)35-28(36)19-8-10-21(11-9-19)30(2,3)4)26-17-32-29(37)27(34-26)33-22-12-13-25-20(16-22)14-15-31-25/h5-17,31H,1-4H3,(H,32,37)(H,33,34)(H,35,36). The maximum Gasteiger partial charge on any atom is 0.291 e. The molecule has 0 atom stereocenters.